The van der Waals surface area contributed by atoms with E-state index in [0.717, 1.165) is 14.7 Å². The van der Waals surface area contributed by atoms with E-state index in [4.69, 9.17) is 11.6 Å². The van der Waals surface area contributed by atoms with E-state index in [0.29, 0.717) is 23.7 Å². The summed E-state index contributed by atoms with van der Waals surface area (Å²) in [4.78, 5) is 14.2. The minimum atomic E-state index is 0.0300. The topological polar surface area (TPSA) is 20.3 Å². The van der Waals surface area contributed by atoms with Crippen LogP contribution in [0.4, 0.5) is 0 Å². The minimum absolute atomic E-state index is 0.0300. The zero-order chi connectivity index (χ0) is 13.4. The second kappa shape index (κ2) is 5.13. The van der Waals surface area contributed by atoms with Crippen LogP contribution in [0.5, 0.6) is 0 Å². The van der Waals surface area contributed by atoms with Crippen LogP contribution in [0.3, 0.4) is 0 Å². The summed E-state index contributed by atoms with van der Waals surface area (Å²) in [5.74, 6) is 0.0300. The van der Waals surface area contributed by atoms with E-state index < -0.39 is 0 Å². The first-order valence-corrected chi connectivity index (χ1v) is 7.42. The van der Waals surface area contributed by atoms with Crippen LogP contribution in [0.25, 0.3) is 0 Å². The van der Waals surface area contributed by atoms with Crippen molar-refractivity contribution in [3.63, 3.8) is 0 Å². The number of fused-ring (bicyclic) bond motifs is 1. The van der Waals surface area contributed by atoms with E-state index in [9.17, 15) is 4.79 Å². The van der Waals surface area contributed by atoms with Crippen molar-refractivity contribution < 1.29 is 4.79 Å². The standard InChI is InChI=1S/C15H11ClINO/c16-14-12(17)7-6-11-9-18(15(19)13(11)14)8-10-4-2-1-3-5-10/h1-7H,8-9H2. The molecule has 0 fully saturated rings. The van der Waals surface area contributed by atoms with Crippen LogP contribution in [-0.2, 0) is 13.1 Å². The molecule has 0 unspecified atom stereocenters. The van der Waals surface area contributed by atoms with Crippen molar-refractivity contribution in [1.82, 2.24) is 4.90 Å². The maximum atomic E-state index is 12.4. The number of hydrogen-bond acceptors (Lipinski definition) is 1. The normalized spacial score (nSPS) is 13.8. The molecule has 0 atom stereocenters. The lowest BCUT2D eigenvalue weighted by Crippen LogP contribution is -2.23. The van der Waals surface area contributed by atoms with E-state index in [1.807, 2.05) is 47.4 Å². The lowest BCUT2D eigenvalue weighted by molar-refractivity contribution is 0.0767. The van der Waals surface area contributed by atoms with Gasteiger partial charge in [0, 0.05) is 16.7 Å². The molecule has 96 valence electrons. The predicted octanol–water partition coefficient (Wildman–Crippen LogP) is 4.10. The van der Waals surface area contributed by atoms with Crippen molar-refractivity contribution in [2.45, 2.75) is 13.1 Å². The van der Waals surface area contributed by atoms with E-state index in [1.54, 1.807) is 0 Å². The van der Waals surface area contributed by atoms with E-state index in [1.165, 1.54) is 0 Å². The average molecular weight is 384 g/mol. The van der Waals surface area contributed by atoms with E-state index >= 15 is 0 Å². The average Bonchev–Trinajstić information content (AvgIpc) is 2.73. The van der Waals surface area contributed by atoms with Crippen molar-refractivity contribution in [2.75, 3.05) is 0 Å². The second-order valence-electron chi connectivity index (χ2n) is 4.54. The maximum Gasteiger partial charge on any atom is 0.256 e. The number of carbonyl (C=O) groups is 1. The summed E-state index contributed by atoms with van der Waals surface area (Å²) in [6.45, 7) is 1.26. The fourth-order valence-electron chi connectivity index (χ4n) is 2.32. The maximum absolute atomic E-state index is 12.4. The van der Waals surface area contributed by atoms with Crippen LogP contribution in [0.1, 0.15) is 21.5 Å². The van der Waals surface area contributed by atoms with Gasteiger partial charge < -0.3 is 4.90 Å². The fraction of sp³-hybridized carbons (Fsp3) is 0.133. The van der Waals surface area contributed by atoms with Crippen molar-refractivity contribution in [1.29, 1.82) is 0 Å². The monoisotopic (exact) mass is 383 g/mol. The zero-order valence-corrected chi connectivity index (χ0v) is 13.0. The largest absolute Gasteiger partial charge is 0.330 e. The third-order valence-corrected chi connectivity index (χ3v) is 4.87. The molecular weight excluding hydrogens is 373 g/mol. The minimum Gasteiger partial charge on any atom is -0.330 e. The molecule has 0 aromatic heterocycles. The molecule has 1 heterocycles. The number of halogens is 2. The van der Waals surface area contributed by atoms with Crippen molar-refractivity contribution in [3.05, 3.63) is 67.7 Å². The van der Waals surface area contributed by atoms with Crippen LogP contribution >= 0.6 is 34.2 Å². The number of amides is 1. The van der Waals surface area contributed by atoms with Crippen LogP contribution in [-0.4, -0.2) is 10.8 Å². The molecule has 1 amide bonds. The number of carbonyl (C=O) groups excluding carboxylic acids is 1. The highest BCUT2D eigenvalue weighted by molar-refractivity contribution is 14.1. The first-order chi connectivity index (χ1) is 9.16. The zero-order valence-electron chi connectivity index (χ0n) is 10.1. The molecule has 2 aromatic rings. The Morgan fingerprint density at radius 1 is 1.16 bits per heavy atom. The summed E-state index contributed by atoms with van der Waals surface area (Å²) < 4.78 is 0.924. The van der Waals surface area contributed by atoms with Crippen molar-refractivity contribution in [2.24, 2.45) is 0 Å². The second-order valence-corrected chi connectivity index (χ2v) is 6.08. The van der Waals surface area contributed by atoms with Crippen LogP contribution in [0.2, 0.25) is 5.02 Å². The Bertz CT molecular complexity index is 642. The van der Waals surface area contributed by atoms with Crippen LogP contribution in [0.15, 0.2) is 42.5 Å². The van der Waals surface area contributed by atoms with Gasteiger partial charge in [0.25, 0.3) is 5.91 Å². The molecule has 0 radical (unpaired) electrons. The summed E-state index contributed by atoms with van der Waals surface area (Å²) in [5, 5.41) is 0.582. The summed E-state index contributed by atoms with van der Waals surface area (Å²) in [7, 11) is 0. The van der Waals surface area contributed by atoms with Gasteiger partial charge in [-0.2, -0.15) is 0 Å². The third kappa shape index (κ3) is 2.37. The Labute approximate surface area is 130 Å². The number of hydrogen-bond donors (Lipinski definition) is 0. The molecule has 2 nitrogen and oxygen atoms in total. The fourth-order valence-corrected chi connectivity index (χ4v) is 3.04. The highest BCUT2D eigenvalue weighted by Gasteiger charge is 2.30. The van der Waals surface area contributed by atoms with Gasteiger partial charge >= 0.3 is 0 Å². The molecule has 2 aromatic carbocycles. The van der Waals surface area contributed by atoms with Crippen molar-refractivity contribution in [3.8, 4) is 0 Å². The van der Waals surface area contributed by atoms with Gasteiger partial charge in [-0.1, -0.05) is 48.0 Å². The lowest BCUT2D eigenvalue weighted by atomic mass is 10.1. The molecule has 0 spiro atoms. The third-order valence-electron chi connectivity index (χ3n) is 3.26. The number of rotatable bonds is 2. The van der Waals surface area contributed by atoms with Gasteiger partial charge in [-0.3, -0.25) is 4.79 Å². The Balaban J connectivity index is 1.90. The molecule has 0 bridgehead atoms. The molecule has 0 saturated carbocycles. The van der Waals surface area contributed by atoms with Gasteiger partial charge in [0.15, 0.2) is 0 Å². The van der Waals surface area contributed by atoms with Crippen LogP contribution < -0.4 is 0 Å². The Kier molecular flexibility index (Phi) is 3.50. The molecule has 0 aliphatic carbocycles. The summed E-state index contributed by atoms with van der Waals surface area (Å²) in [6, 6.07) is 14.0. The lowest BCUT2D eigenvalue weighted by Gasteiger charge is -2.15. The van der Waals surface area contributed by atoms with Crippen molar-refractivity contribution >= 4 is 40.1 Å². The molecule has 1 aliphatic rings. The molecule has 19 heavy (non-hydrogen) atoms. The molecule has 1 aliphatic heterocycles. The molecule has 0 N–H and O–H groups in total. The van der Waals surface area contributed by atoms with Gasteiger partial charge in [-0.05, 0) is 39.8 Å². The van der Waals surface area contributed by atoms with Gasteiger partial charge in [-0.25, -0.2) is 0 Å². The molecule has 0 saturated heterocycles. The summed E-state index contributed by atoms with van der Waals surface area (Å²) in [5.41, 5.74) is 2.82. The molecule has 3 rings (SSSR count). The Hall–Kier alpha value is -1.07. The highest BCUT2D eigenvalue weighted by Crippen LogP contribution is 2.33. The Morgan fingerprint density at radius 3 is 2.63 bits per heavy atom. The van der Waals surface area contributed by atoms with Gasteiger partial charge in [0.05, 0.1) is 10.6 Å². The molecule has 4 heteroatoms. The molecular formula is C15H11ClINO. The smallest absolute Gasteiger partial charge is 0.256 e. The van der Waals surface area contributed by atoms with Gasteiger partial charge in [0.2, 0.25) is 0 Å². The highest BCUT2D eigenvalue weighted by atomic mass is 127. The van der Waals surface area contributed by atoms with Gasteiger partial charge in [-0.15, -0.1) is 0 Å². The van der Waals surface area contributed by atoms with E-state index in [-0.39, 0.29) is 5.91 Å². The first kappa shape index (κ1) is 12.9. The van der Waals surface area contributed by atoms with Crippen LogP contribution in [0, 0.1) is 3.57 Å². The summed E-state index contributed by atoms with van der Waals surface area (Å²) in [6.07, 6.45) is 0. The number of benzene rings is 2. The number of nitrogens with zero attached hydrogens (tertiary/aromatic N) is 1. The van der Waals surface area contributed by atoms with Gasteiger partial charge in [0.1, 0.15) is 0 Å². The summed E-state index contributed by atoms with van der Waals surface area (Å²) >= 11 is 8.40. The quantitative estimate of drug-likeness (QED) is 0.715. The first-order valence-electron chi connectivity index (χ1n) is 5.97. The SMILES string of the molecule is O=C1c2c(ccc(I)c2Cl)CN1Cc1ccccc1. The van der Waals surface area contributed by atoms with E-state index in [2.05, 4.69) is 22.6 Å². The Morgan fingerprint density at radius 2 is 1.89 bits per heavy atom. The predicted molar refractivity (Wildman–Crippen MR) is 84.2 cm³/mol.